The SMILES string of the molecule is COc1cc(Nc2nccc(-c3ccc(OC4CCOCC4)c(C#N)c3)n2)ccc1C(=O)N1CC(CN(C)C)C1. The Kier molecular flexibility index (Phi) is 8.43. The fourth-order valence-corrected chi connectivity index (χ4v) is 5.05. The molecule has 0 aliphatic carbocycles. The molecule has 1 N–H and O–H groups in total. The summed E-state index contributed by atoms with van der Waals surface area (Å²) >= 11 is 0. The molecular weight excluding hydrogens is 508 g/mol. The third kappa shape index (κ3) is 6.33. The van der Waals surface area contributed by atoms with E-state index in [9.17, 15) is 10.1 Å². The van der Waals surface area contributed by atoms with Crippen molar-refractivity contribution in [2.24, 2.45) is 5.92 Å². The maximum absolute atomic E-state index is 13.0. The molecule has 0 spiro atoms. The van der Waals surface area contributed by atoms with Gasteiger partial charge < -0.3 is 29.3 Å². The van der Waals surface area contributed by atoms with Crippen LogP contribution in [0.1, 0.15) is 28.8 Å². The van der Waals surface area contributed by atoms with Crippen molar-refractivity contribution in [2.45, 2.75) is 18.9 Å². The Labute approximate surface area is 234 Å². The van der Waals surface area contributed by atoms with Crippen LogP contribution in [0, 0.1) is 17.2 Å². The average molecular weight is 543 g/mol. The number of carbonyl (C=O) groups excluding carboxylic acids is 1. The Morgan fingerprint density at radius 3 is 2.67 bits per heavy atom. The number of rotatable bonds is 9. The quantitative estimate of drug-likeness (QED) is 0.429. The molecular formula is C30H34N6O4. The van der Waals surface area contributed by atoms with Crippen LogP contribution < -0.4 is 14.8 Å². The maximum atomic E-state index is 13.0. The Bertz CT molecular complexity index is 1390. The van der Waals surface area contributed by atoms with Crippen molar-refractivity contribution >= 4 is 17.5 Å². The summed E-state index contributed by atoms with van der Waals surface area (Å²) in [5.74, 6) is 1.90. The number of methoxy groups -OCH3 is 1. The topological polar surface area (TPSA) is 113 Å². The third-order valence-electron chi connectivity index (χ3n) is 7.07. The second-order valence-corrected chi connectivity index (χ2v) is 10.4. The monoisotopic (exact) mass is 542 g/mol. The highest BCUT2D eigenvalue weighted by molar-refractivity contribution is 5.98. The lowest BCUT2D eigenvalue weighted by Crippen LogP contribution is -2.53. The largest absolute Gasteiger partial charge is 0.496 e. The van der Waals surface area contributed by atoms with E-state index in [1.807, 2.05) is 37.2 Å². The van der Waals surface area contributed by atoms with E-state index in [-0.39, 0.29) is 12.0 Å². The molecule has 0 atom stereocenters. The molecule has 0 radical (unpaired) electrons. The molecule has 10 nitrogen and oxygen atoms in total. The Balaban J connectivity index is 1.28. The second kappa shape index (κ2) is 12.3. The number of hydrogen-bond acceptors (Lipinski definition) is 9. The third-order valence-corrected chi connectivity index (χ3v) is 7.07. The number of aromatic nitrogens is 2. The predicted octanol–water partition coefficient (Wildman–Crippen LogP) is 3.96. The summed E-state index contributed by atoms with van der Waals surface area (Å²) in [5.41, 5.74) is 3.12. The van der Waals surface area contributed by atoms with E-state index in [1.54, 1.807) is 37.6 Å². The first-order chi connectivity index (χ1) is 19.4. The standard InChI is InChI=1S/C30H34N6O4/c1-35(2)17-20-18-36(19-20)29(37)25-6-5-23(15-28(25)38-3)33-30-32-11-8-26(34-30)21-4-7-27(22(14-21)16-31)40-24-9-12-39-13-10-24/h4-8,11,14-15,20,24H,9-10,12-13,17-19H2,1-3H3,(H,32,33,34). The van der Waals surface area contributed by atoms with Crippen molar-refractivity contribution in [3.63, 3.8) is 0 Å². The number of nitrogens with zero attached hydrogens (tertiary/aromatic N) is 5. The molecule has 0 unspecified atom stereocenters. The number of ether oxygens (including phenoxy) is 3. The highest BCUT2D eigenvalue weighted by Crippen LogP contribution is 2.30. The molecule has 0 bridgehead atoms. The Morgan fingerprint density at radius 2 is 1.95 bits per heavy atom. The zero-order chi connectivity index (χ0) is 28.1. The van der Waals surface area contributed by atoms with E-state index < -0.39 is 0 Å². The van der Waals surface area contributed by atoms with Crippen LogP contribution in [-0.4, -0.2) is 85.8 Å². The van der Waals surface area contributed by atoms with Gasteiger partial charge in [-0.1, -0.05) is 0 Å². The molecule has 208 valence electrons. The van der Waals surface area contributed by atoms with Crippen LogP contribution in [0.5, 0.6) is 11.5 Å². The minimum absolute atomic E-state index is 0.0332. The van der Waals surface area contributed by atoms with E-state index in [0.29, 0.717) is 59.1 Å². The molecule has 10 heteroatoms. The Hall–Kier alpha value is -4.20. The lowest BCUT2D eigenvalue weighted by atomic mass is 9.98. The van der Waals surface area contributed by atoms with Crippen LogP contribution in [0.15, 0.2) is 48.7 Å². The van der Waals surface area contributed by atoms with Gasteiger partial charge in [0.05, 0.1) is 37.1 Å². The summed E-state index contributed by atoms with van der Waals surface area (Å²) in [5, 5.41) is 12.9. The van der Waals surface area contributed by atoms with Gasteiger partial charge in [-0.05, 0) is 50.5 Å². The van der Waals surface area contributed by atoms with Crippen LogP contribution in [0.25, 0.3) is 11.3 Å². The zero-order valence-electron chi connectivity index (χ0n) is 23.1. The minimum atomic E-state index is -0.0332. The molecule has 3 heterocycles. The summed E-state index contributed by atoms with van der Waals surface area (Å²) in [6.07, 6.45) is 3.32. The first kappa shape index (κ1) is 27.4. The summed E-state index contributed by atoms with van der Waals surface area (Å²) in [6.45, 7) is 3.80. The van der Waals surface area contributed by atoms with Gasteiger partial charge in [0.2, 0.25) is 5.95 Å². The first-order valence-corrected chi connectivity index (χ1v) is 13.4. The smallest absolute Gasteiger partial charge is 0.257 e. The van der Waals surface area contributed by atoms with Gasteiger partial charge in [-0.2, -0.15) is 5.26 Å². The molecule has 2 aliphatic heterocycles. The molecule has 1 aromatic heterocycles. The fourth-order valence-electron chi connectivity index (χ4n) is 5.05. The summed E-state index contributed by atoms with van der Waals surface area (Å²) in [7, 11) is 5.64. The summed E-state index contributed by atoms with van der Waals surface area (Å²) in [6, 6.07) is 14.9. The highest BCUT2D eigenvalue weighted by atomic mass is 16.5. The van der Waals surface area contributed by atoms with Gasteiger partial charge in [0.25, 0.3) is 5.91 Å². The van der Waals surface area contributed by atoms with E-state index in [4.69, 9.17) is 14.2 Å². The van der Waals surface area contributed by atoms with Gasteiger partial charge in [0.15, 0.2) is 0 Å². The molecule has 2 saturated heterocycles. The van der Waals surface area contributed by atoms with Crippen molar-refractivity contribution in [1.82, 2.24) is 19.8 Å². The van der Waals surface area contributed by atoms with Gasteiger partial charge in [-0.25, -0.2) is 9.97 Å². The lowest BCUT2D eigenvalue weighted by Gasteiger charge is -2.40. The number of anilines is 2. The van der Waals surface area contributed by atoms with Crippen molar-refractivity contribution in [1.29, 1.82) is 5.26 Å². The summed E-state index contributed by atoms with van der Waals surface area (Å²) < 4.78 is 17.0. The van der Waals surface area contributed by atoms with Crippen LogP contribution in [0.4, 0.5) is 11.6 Å². The number of nitrogens with one attached hydrogen (secondary N) is 1. The van der Waals surface area contributed by atoms with Crippen LogP contribution in [-0.2, 0) is 4.74 Å². The molecule has 3 aromatic rings. The summed E-state index contributed by atoms with van der Waals surface area (Å²) in [4.78, 5) is 26.0. The zero-order valence-corrected chi connectivity index (χ0v) is 23.1. The normalized spacial score (nSPS) is 15.8. The van der Waals surface area contributed by atoms with E-state index in [1.165, 1.54) is 0 Å². The molecule has 0 saturated carbocycles. The number of amides is 1. The number of nitriles is 1. The maximum Gasteiger partial charge on any atom is 0.257 e. The average Bonchev–Trinajstić information content (AvgIpc) is 2.95. The van der Waals surface area contributed by atoms with E-state index in [0.717, 1.165) is 38.0 Å². The molecule has 1 amide bonds. The van der Waals surface area contributed by atoms with Gasteiger partial charge in [-0.15, -0.1) is 0 Å². The molecule has 2 aromatic carbocycles. The van der Waals surface area contributed by atoms with E-state index in [2.05, 4.69) is 26.3 Å². The van der Waals surface area contributed by atoms with Crippen LogP contribution >= 0.6 is 0 Å². The molecule has 40 heavy (non-hydrogen) atoms. The van der Waals surface area contributed by atoms with Gasteiger partial charge >= 0.3 is 0 Å². The van der Waals surface area contributed by atoms with Gasteiger partial charge in [-0.3, -0.25) is 4.79 Å². The molecule has 2 fully saturated rings. The van der Waals surface area contributed by atoms with Crippen LogP contribution in [0.3, 0.4) is 0 Å². The Morgan fingerprint density at radius 1 is 1.15 bits per heavy atom. The van der Waals surface area contributed by atoms with Crippen molar-refractivity contribution in [3.8, 4) is 28.8 Å². The molecule has 5 rings (SSSR count). The fraction of sp³-hybridized carbons (Fsp3) is 0.400. The number of benzene rings is 2. The van der Waals surface area contributed by atoms with Gasteiger partial charge in [0.1, 0.15) is 23.7 Å². The van der Waals surface area contributed by atoms with Crippen molar-refractivity contribution < 1.29 is 19.0 Å². The van der Waals surface area contributed by atoms with Crippen molar-refractivity contribution in [3.05, 3.63) is 59.8 Å². The van der Waals surface area contributed by atoms with E-state index >= 15 is 0 Å². The number of likely N-dealkylation sites (tertiary alicyclic amines) is 1. The number of carbonyl (C=O) groups is 1. The van der Waals surface area contributed by atoms with Gasteiger partial charge in [0, 0.05) is 61.9 Å². The first-order valence-electron chi connectivity index (χ1n) is 13.4. The highest BCUT2D eigenvalue weighted by Gasteiger charge is 2.32. The molecule has 2 aliphatic rings. The van der Waals surface area contributed by atoms with Crippen molar-refractivity contribution in [2.75, 3.05) is 59.4 Å². The predicted molar refractivity (Wildman–Crippen MR) is 151 cm³/mol. The van der Waals surface area contributed by atoms with Crippen LogP contribution in [0.2, 0.25) is 0 Å². The minimum Gasteiger partial charge on any atom is -0.496 e. The second-order valence-electron chi connectivity index (χ2n) is 10.4. The lowest BCUT2D eigenvalue weighted by molar-refractivity contribution is 0.0254. The number of hydrogen-bond donors (Lipinski definition) is 1.